The maximum atomic E-state index is 12.3. The van der Waals surface area contributed by atoms with E-state index in [-0.39, 0.29) is 17.4 Å². The topological polar surface area (TPSA) is 56.1 Å². The summed E-state index contributed by atoms with van der Waals surface area (Å²) in [7, 11) is 0. The molecule has 112 valence electrons. The third kappa shape index (κ3) is 3.20. The number of hydrogen-bond donors (Lipinski definition) is 1. The van der Waals surface area contributed by atoms with E-state index in [1.165, 1.54) is 6.42 Å². The smallest absolute Gasteiger partial charge is 0.242 e. The van der Waals surface area contributed by atoms with Crippen molar-refractivity contribution in [3.05, 3.63) is 18.2 Å². The Morgan fingerprint density at radius 3 is 2.85 bits per heavy atom. The van der Waals surface area contributed by atoms with Crippen molar-refractivity contribution in [1.82, 2.24) is 14.9 Å². The number of carbonyl (C=O) groups excluding carboxylic acids is 1. The SMILES string of the molecule is CCOCC1(CNC(=O)[C@H](C)n2ccnc2C)CCC1. The van der Waals surface area contributed by atoms with E-state index in [9.17, 15) is 4.79 Å². The molecule has 1 saturated carbocycles. The number of nitrogens with zero attached hydrogens (tertiary/aromatic N) is 2. The molecule has 0 bridgehead atoms. The van der Waals surface area contributed by atoms with Crippen LogP contribution in [0.4, 0.5) is 0 Å². The highest BCUT2D eigenvalue weighted by atomic mass is 16.5. The molecule has 0 spiro atoms. The zero-order chi connectivity index (χ0) is 14.6. The van der Waals surface area contributed by atoms with Crippen LogP contribution < -0.4 is 5.32 Å². The minimum atomic E-state index is -0.221. The molecule has 1 amide bonds. The van der Waals surface area contributed by atoms with Gasteiger partial charge in [0.1, 0.15) is 11.9 Å². The summed E-state index contributed by atoms with van der Waals surface area (Å²) in [5.74, 6) is 0.911. The second kappa shape index (κ2) is 6.39. The molecule has 0 unspecified atom stereocenters. The van der Waals surface area contributed by atoms with E-state index in [2.05, 4.69) is 10.3 Å². The molecule has 1 aromatic rings. The molecule has 1 N–H and O–H groups in total. The van der Waals surface area contributed by atoms with Gasteiger partial charge in [-0.15, -0.1) is 0 Å². The fourth-order valence-electron chi connectivity index (χ4n) is 2.71. The van der Waals surface area contributed by atoms with Crippen LogP contribution >= 0.6 is 0 Å². The van der Waals surface area contributed by atoms with Crippen LogP contribution in [-0.4, -0.2) is 35.2 Å². The first-order valence-corrected chi connectivity index (χ1v) is 7.43. The monoisotopic (exact) mass is 279 g/mol. The van der Waals surface area contributed by atoms with Gasteiger partial charge < -0.3 is 14.6 Å². The fraction of sp³-hybridized carbons (Fsp3) is 0.733. The molecule has 1 atom stereocenters. The van der Waals surface area contributed by atoms with Crippen LogP contribution in [0.25, 0.3) is 0 Å². The summed E-state index contributed by atoms with van der Waals surface area (Å²) in [5.41, 5.74) is 0.162. The molecular weight excluding hydrogens is 254 g/mol. The number of hydrogen-bond acceptors (Lipinski definition) is 3. The molecular formula is C15H25N3O2. The van der Waals surface area contributed by atoms with Gasteiger partial charge in [-0.3, -0.25) is 4.79 Å². The van der Waals surface area contributed by atoms with Gasteiger partial charge in [-0.2, -0.15) is 0 Å². The molecule has 0 aliphatic heterocycles. The first-order chi connectivity index (χ1) is 9.58. The van der Waals surface area contributed by atoms with E-state index in [0.29, 0.717) is 6.54 Å². The Balaban J connectivity index is 1.87. The van der Waals surface area contributed by atoms with E-state index in [0.717, 1.165) is 31.9 Å². The van der Waals surface area contributed by atoms with Crippen LogP contribution in [0.1, 0.15) is 45.0 Å². The number of aromatic nitrogens is 2. The highest BCUT2D eigenvalue weighted by Crippen LogP contribution is 2.40. The summed E-state index contributed by atoms with van der Waals surface area (Å²) < 4.78 is 7.45. The van der Waals surface area contributed by atoms with E-state index in [4.69, 9.17) is 4.74 Å². The van der Waals surface area contributed by atoms with Crippen molar-refractivity contribution in [2.24, 2.45) is 5.41 Å². The third-order valence-corrected chi connectivity index (χ3v) is 4.32. The summed E-state index contributed by atoms with van der Waals surface area (Å²) in [6.07, 6.45) is 7.09. The highest BCUT2D eigenvalue weighted by Gasteiger charge is 2.37. The largest absolute Gasteiger partial charge is 0.381 e. The van der Waals surface area contributed by atoms with Crippen molar-refractivity contribution in [3.8, 4) is 0 Å². The molecule has 0 saturated heterocycles. The molecule has 1 aromatic heterocycles. The second-order valence-corrected chi connectivity index (χ2v) is 5.77. The van der Waals surface area contributed by atoms with E-state index >= 15 is 0 Å². The molecule has 20 heavy (non-hydrogen) atoms. The molecule has 1 aliphatic carbocycles. The van der Waals surface area contributed by atoms with Crippen LogP contribution in [0.15, 0.2) is 12.4 Å². The lowest BCUT2D eigenvalue weighted by molar-refractivity contribution is -0.125. The van der Waals surface area contributed by atoms with E-state index < -0.39 is 0 Å². The van der Waals surface area contributed by atoms with Gasteiger partial charge in [0.05, 0.1) is 6.61 Å². The Labute approximate surface area is 120 Å². The summed E-state index contributed by atoms with van der Waals surface area (Å²) in [6, 6.07) is -0.221. The van der Waals surface area contributed by atoms with Crippen molar-refractivity contribution >= 4 is 5.91 Å². The quantitative estimate of drug-likeness (QED) is 0.831. The van der Waals surface area contributed by atoms with Crippen molar-refractivity contribution in [2.75, 3.05) is 19.8 Å². The molecule has 5 heteroatoms. The van der Waals surface area contributed by atoms with Crippen molar-refractivity contribution in [1.29, 1.82) is 0 Å². The number of amides is 1. The third-order valence-electron chi connectivity index (χ3n) is 4.32. The number of carbonyl (C=O) groups is 1. The minimum absolute atomic E-state index is 0.0499. The van der Waals surface area contributed by atoms with Gasteiger partial charge in [0.2, 0.25) is 5.91 Å². The molecule has 1 aliphatic rings. The van der Waals surface area contributed by atoms with Gasteiger partial charge >= 0.3 is 0 Å². The normalized spacial score (nSPS) is 18.4. The number of aryl methyl sites for hydroxylation is 1. The first kappa shape index (κ1) is 15.0. The number of rotatable bonds is 7. The molecule has 1 heterocycles. The summed E-state index contributed by atoms with van der Waals surface area (Å²) in [4.78, 5) is 16.4. The Morgan fingerprint density at radius 2 is 2.35 bits per heavy atom. The van der Waals surface area contributed by atoms with Gasteiger partial charge in [-0.1, -0.05) is 6.42 Å². The second-order valence-electron chi connectivity index (χ2n) is 5.77. The molecule has 2 rings (SSSR count). The Hall–Kier alpha value is -1.36. The van der Waals surface area contributed by atoms with E-state index in [1.54, 1.807) is 6.20 Å². The zero-order valence-corrected chi connectivity index (χ0v) is 12.7. The minimum Gasteiger partial charge on any atom is -0.381 e. The lowest BCUT2D eigenvalue weighted by atomic mass is 9.69. The fourth-order valence-corrected chi connectivity index (χ4v) is 2.71. The van der Waals surface area contributed by atoms with Gasteiger partial charge in [0.15, 0.2) is 0 Å². The maximum Gasteiger partial charge on any atom is 0.242 e. The Bertz CT molecular complexity index is 452. The van der Waals surface area contributed by atoms with Crippen LogP contribution in [0.2, 0.25) is 0 Å². The highest BCUT2D eigenvalue weighted by molar-refractivity contribution is 5.80. The maximum absolute atomic E-state index is 12.3. The van der Waals surface area contributed by atoms with Gasteiger partial charge in [-0.05, 0) is 33.6 Å². The van der Waals surface area contributed by atoms with Gasteiger partial charge in [0, 0.05) is 31.0 Å². The average Bonchev–Trinajstić information content (AvgIpc) is 2.82. The lowest BCUT2D eigenvalue weighted by Crippen LogP contribution is -2.46. The lowest BCUT2D eigenvalue weighted by Gasteiger charge is -2.41. The summed E-state index contributed by atoms with van der Waals surface area (Å²) >= 11 is 0. The number of ether oxygens (including phenoxy) is 1. The molecule has 1 fully saturated rings. The summed E-state index contributed by atoms with van der Waals surface area (Å²) in [5, 5.41) is 3.08. The zero-order valence-electron chi connectivity index (χ0n) is 12.7. The predicted molar refractivity (Wildman–Crippen MR) is 77.5 cm³/mol. The van der Waals surface area contributed by atoms with Crippen molar-refractivity contribution in [2.45, 2.75) is 46.1 Å². The van der Waals surface area contributed by atoms with Crippen LogP contribution in [0.5, 0.6) is 0 Å². The Kier molecular flexibility index (Phi) is 4.81. The van der Waals surface area contributed by atoms with E-state index in [1.807, 2.05) is 31.5 Å². The Morgan fingerprint density at radius 1 is 1.60 bits per heavy atom. The van der Waals surface area contributed by atoms with Crippen molar-refractivity contribution in [3.63, 3.8) is 0 Å². The number of imidazole rings is 1. The molecule has 5 nitrogen and oxygen atoms in total. The van der Waals surface area contributed by atoms with Crippen molar-refractivity contribution < 1.29 is 9.53 Å². The first-order valence-electron chi connectivity index (χ1n) is 7.43. The standard InChI is InChI=1S/C15H25N3O2/c1-4-20-11-15(6-5-7-15)10-17-14(19)12(2)18-9-8-16-13(18)3/h8-9,12H,4-7,10-11H2,1-3H3,(H,17,19)/t12-/m0/s1. The average molecular weight is 279 g/mol. The van der Waals surface area contributed by atoms with Gasteiger partial charge in [0.25, 0.3) is 0 Å². The molecule has 0 radical (unpaired) electrons. The van der Waals surface area contributed by atoms with Crippen LogP contribution in [-0.2, 0) is 9.53 Å². The summed E-state index contributed by atoms with van der Waals surface area (Å²) in [6.45, 7) is 8.02. The van der Waals surface area contributed by atoms with Crippen LogP contribution in [0, 0.1) is 12.3 Å². The van der Waals surface area contributed by atoms with Crippen LogP contribution in [0.3, 0.4) is 0 Å². The number of nitrogens with one attached hydrogen (secondary N) is 1. The van der Waals surface area contributed by atoms with Gasteiger partial charge in [-0.25, -0.2) is 4.98 Å². The predicted octanol–water partition coefficient (Wildman–Crippen LogP) is 2.08. The molecule has 0 aromatic carbocycles.